The predicted octanol–water partition coefficient (Wildman–Crippen LogP) is 3.37. The van der Waals surface area contributed by atoms with Gasteiger partial charge in [-0.25, -0.2) is 0 Å². The molecule has 4 rings (SSSR count). The third kappa shape index (κ3) is 4.13. The van der Waals surface area contributed by atoms with Gasteiger partial charge in [-0.15, -0.1) is 0 Å². The average Bonchev–Trinajstić information content (AvgIpc) is 3.23. The van der Waals surface area contributed by atoms with Crippen LogP contribution in [0, 0.1) is 0 Å². The van der Waals surface area contributed by atoms with E-state index < -0.39 is 10.1 Å². The van der Waals surface area contributed by atoms with Crippen LogP contribution in [-0.2, 0) is 16.7 Å². The van der Waals surface area contributed by atoms with E-state index in [1.165, 1.54) is 0 Å². The number of rotatable bonds is 6. The first-order valence-corrected chi connectivity index (χ1v) is 10.9. The fourth-order valence-electron chi connectivity index (χ4n) is 3.00. The molecule has 1 aliphatic rings. The van der Waals surface area contributed by atoms with Crippen molar-refractivity contribution >= 4 is 43.8 Å². The molecule has 3 aromatic rings. The Balaban J connectivity index is 1.63. The molecule has 0 aliphatic carbocycles. The molecule has 0 bridgehead atoms. The molecule has 2 aromatic carbocycles. The molecule has 27 heavy (non-hydrogen) atoms. The van der Waals surface area contributed by atoms with Crippen LogP contribution in [0.5, 0.6) is 11.5 Å². The minimum absolute atomic E-state index is 0.243. The van der Waals surface area contributed by atoms with Crippen LogP contribution in [0.1, 0.15) is 17.0 Å². The molecule has 0 fully saturated rings. The summed E-state index contributed by atoms with van der Waals surface area (Å²) in [5.74, 6) is 1.22. The number of hydrogen-bond donors (Lipinski definition) is 1. The van der Waals surface area contributed by atoms with Gasteiger partial charge in [-0.1, -0.05) is 29.5 Å². The lowest BCUT2D eigenvalue weighted by Crippen LogP contribution is -2.35. The fraction of sp³-hybridized carbons (Fsp3) is 0.211. The Morgan fingerprint density at radius 1 is 1.11 bits per heavy atom. The van der Waals surface area contributed by atoms with Crippen molar-refractivity contribution in [2.45, 2.75) is 13.0 Å². The highest BCUT2D eigenvalue weighted by Gasteiger charge is 2.19. The number of ether oxygens (including phenoxy) is 2. The highest BCUT2D eigenvalue weighted by atomic mass is 32.2. The smallest absolute Gasteiger partial charge is 0.265 e. The van der Waals surface area contributed by atoms with Gasteiger partial charge in [0.05, 0.1) is 5.75 Å². The van der Waals surface area contributed by atoms with Crippen LogP contribution in [0.2, 0.25) is 0 Å². The minimum atomic E-state index is -3.96. The first kappa shape index (κ1) is 18.0. The van der Waals surface area contributed by atoms with E-state index in [2.05, 4.69) is 4.57 Å². The number of thiazole rings is 1. The molecule has 0 radical (unpaired) electrons. The molecule has 0 saturated heterocycles. The molecule has 6 nitrogen and oxygen atoms in total. The third-order valence-corrected chi connectivity index (χ3v) is 6.17. The molecule has 140 valence electrons. The van der Waals surface area contributed by atoms with E-state index in [9.17, 15) is 8.42 Å². The molecule has 8 heteroatoms. The summed E-state index contributed by atoms with van der Waals surface area (Å²) in [6, 6.07) is 13.8. The van der Waals surface area contributed by atoms with Crippen LogP contribution in [0.3, 0.4) is 0 Å². The van der Waals surface area contributed by atoms with Gasteiger partial charge in [-0.2, -0.15) is 13.0 Å². The van der Waals surface area contributed by atoms with Gasteiger partial charge in [0, 0.05) is 18.6 Å². The Morgan fingerprint density at radius 3 is 2.78 bits per heavy atom. The van der Waals surface area contributed by atoms with Crippen LogP contribution in [0.15, 0.2) is 42.5 Å². The third-order valence-electron chi connectivity index (χ3n) is 4.24. The molecular weight excluding hydrogens is 386 g/mol. The molecule has 0 unspecified atom stereocenters. The van der Waals surface area contributed by atoms with E-state index in [1.54, 1.807) is 11.3 Å². The molecule has 0 saturated carbocycles. The number of para-hydroxylation sites is 1. The van der Waals surface area contributed by atoms with Gasteiger partial charge in [-0.05, 0) is 29.8 Å². The van der Waals surface area contributed by atoms with E-state index >= 15 is 0 Å². The zero-order chi connectivity index (χ0) is 18.9. The molecule has 1 aromatic heterocycles. The molecule has 2 heterocycles. The first-order chi connectivity index (χ1) is 13.0. The standard InChI is InChI=1S/C19H17NO5S2/c21-27(22,23)11-3-10-20-15-4-1-2-5-18(15)26-19(20)9-7-14-6-8-16-17(12-14)25-13-24-16/h1-2,4-9,12H,3,10-11,13H2/p+1. The van der Waals surface area contributed by atoms with Crippen molar-refractivity contribution in [1.82, 2.24) is 0 Å². The van der Waals surface area contributed by atoms with Crippen LogP contribution in [0.4, 0.5) is 0 Å². The maximum Gasteiger partial charge on any atom is 0.265 e. The van der Waals surface area contributed by atoms with Crippen molar-refractivity contribution in [2.75, 3.05) is 12.5 Å². The second-order valence-corrected chi connectivity index (χ2v) is 8.78. The molecule has 1 aliphatic heterocycles. The Morgan fingerprint density at radius 2 is 1.93 bits per heavy atom. The number of hydrogen-bond acceptors (Lipinski definition) is 5. The lowest BCUT2D eigenvalue weighted by atomic mass is 10.2. The van der Waals surface area contributed by atoms with Gasteiger partial charge in [-0.3, -0.25) is 4.55 Å². The van der Waals surface area contributed by atoms with E-state index in [1.807, 2.05) is 54.6 Å². The number of benzene rings is 2. The minimum Gasteiger partial charge on any atom is -0.454 e. The maximum atomic E-state index is 11.0. The van der Waals surface area contributed by atoms with Crippen LogP contribution < -0.4 is 14.0 Å². The second kappa shape index (κ2) is 7.30. The zero-order valence-corrected chi connectivity index (χ0v) is 16.0. The van der Waals surface area contributed by atoms with Crippen molar-refractivity contribution in [3.63, 3.8) is 0 Å². The van der Waals surface area contributed by atoms with Crippen molar-refractivity contribution in [3.05, 3.63) is 53.0 Å². The van der Waals surface area contributed by atoms with Gasteiger partial charge in [0.1, 0.15) is 4.70 Å². The highest BCUT2D eigenvalue weighted by Crippen LogP contribution is 2.33. The Labute approximate surface area is 161 Å². The highest BCUT2D eigenvalue weighted by molar-refractivity contribution is 7.85. The van der Waals surface area contributed by atoms with Crippen molar-refractivity contribution < 1.29 is 27.0 Å². The van der Waals surface area contributed by atoms with Gasteiger partial charge in [0.25, 0.3) is 15.1 Å². The summed E-state index contributed by atoms with van der Waals surface area (Å²) in [5.41, 5.74) is 2.03. The quantitative estimate of drug-likeness (QED) is 0.504. The molecule has 1 N–H and O–H groups in total. The SMILES string of the molecule is O=S(=O)(O)CCC[n+]1c(C=Cc2ccc3c(c2)OCO3)sc2ccccc21. The van der Waals surface area contributed by atoms with Crippen molar-refractivity contribution in [2.24, 2.45) is 0 Å². The largest absolute Gasteiger partial charge is 0.454 e. The number of aromatic nitrogens is 1. The normalized spacial score (nSPS) is 13.7. The van der Waals surface area contributed by atoms with Gasteiger partial charge < -0.3 is 9.47 Å². The van der Waals surface area contributed by atoms with E-state index in [0.29, 0.717) is 13.0 Å². The van der Waals surface area contributed by atoms with E-state index in [0.717, 1.165) is 32.3 Å². The van der Waals surface area contributed by atoms with Gasteiger partial charge in [0.2, 0.25) is 12.3 Å². The lowest BCUT2D eigenvalue weighted by Gasteiger charge is -1.98. The second-order valence-electron chi connectivity index (χ2n) is 6.15. The summed E-state index contributed by atoms with van der Waals surface area (Å²) in [7, 11) is -3.96. The van der Waals surface area contributed by atoms with Crippen molar-refractivity contribution in [3.8, 4) is 11.5 Å². The average molecular weight is 404 g/mol. The summed E-state index contributed by atoms with van der Waals surface area (Å²) in [4.78, 5) is 0. The van der Waals surface area contributed by atoms with Crippen LogP contribution >= 0.6 is 11.3 Å². The van der Waals surface area contributed by atoms with Crippen molar-refractivity contribution in [1.29, 1.82) is 0 Å². The monoisotopic (exact) mass is 404 g/mol. The van der Waals surface area contributed by atoms with Gasteiger partial charge in [0.15, 0.2) is 18.0 Å². The summed E-state index contributed by atoms with van der Waals surface area (Å²) in [5, 5.41) is 1.00. The maximum absolute atomic E-state index is 11.0. The first-order valence-electron chi connectivity index (χ1n) is 8.44. The Bertz CT molecular complexity index is 1120. The van der Waals surface area contributed by atoms with Crippen LogP contribution in [0.25, 0.3) is 22.4 Å². The Kier molecular flexibility index (Phi) is 4.86. The number of fused-ring (bicyclic) bond motifs is 2. The summed E-state index contributed by atoms with van der Waals surface area (Å²) >= 11 is 1.63. The lowest BCUT2D eigenvalue weighted by molar-refractivity contribution is -0.668. The van der Waals surface area contributed by atoms with E-state index in [-0.39, 0.29) is 12.5 Å². The zero-order valence-electron chi connectivity index (χ0n) is 14.4. The fourth-order valence-corrected chi connectivity index (χ4v) is 4.58. The molecule has 0 atom stereocenters. The summed E-state index contributed by atoms with van der Waals surface area (Å²) in [6.45, 7) is 0.747. The van der Waals surface area contributed by atoms with Crippen LogP contribution in [-0.4, -0.2) is 25.5 Å². The van der Waals surface area contributed by atoms with Gasteiger partial charge >= 0.3 is 0 Å². The molecule has 0 spiro atoms. The predicted molar refractivity (Wildman–Crippen MR) is 105 cm³/mol. The molecular formula is C19H18NO5S2+. The summed E-state index contributed by atoms with van der Waals surface area (Å²) < 4.78 is 45.0. The number of nitrogens with zero attached hydrogens (tertiary/aromatic N) is 1. The number of aryl methyl sites for hydroxylation is 1. The topological polar surface area (TPSA) is 76.7 Å². The Hall–Kier alpha value is -2.42. The van der Waals surface area contributed by atoms with E-state index in [4.69, 9.17) is 14.0 Å². The molecule has 0 amide bonds. The summed E-state index contributed by atoms with van der Waals surface area (Å²) in [6.07, 6.45) is 4.34.